The summed E-state index contributed by atoms with van der Waals surface area (Å²) in [6.07, 6.45) is 0.276. The molecular weight excluding hydrogens is 262 g/mol. The Bertz CT molecular complexity index is 392. The number of aldehydes is 1. The van der Waals surface area contributed by atoms with E-state index >= 15 is 0 Å². The fourth-order valence-corrected chi connectivity index (χ4v) is 1.60. The van der Waals surface area contributed by atoms with Gasteiger partial charge in [-0.3, -0.25) is 9.59 Å². The SMILES string of the molecule is COc1ccc(N(C)C(=O)C=O)cc1Br. The smallest absolute Gasteiger partial charge is 0.290 e. The van der Waals surface area contributed by atoms with E-state index in [2.05, 4.69) is 15.9 Å². The van der Waals surface area contributed by atoms with Gasteiger partial charge in [0.2, 0.25) is 6.29 Å². The van der Waals surface area contributed by atoms with Crippen LogP contribution in [0, 0.1) is 0 Å². The van der Waals surface area contributed by atoms with Crippen molar-refractivity contribution in [3.8, 4) is 5.75 Å². The van der Waals surface area contributed by atoms with E-state index in [1.807, 2.05) is 0 Å². The Kier molecular flexibility index (Phi) is 3.85. The highest BCUT2D eigenvalue weighted by Gasteiger charge is 2.10. The molecule has 5 heteroatoms. The van der Waals surface area contributed by atoms with Crippen LogP contribution in [0.2, 0.25) is 0 Å². The number of hydrogen-bond donors (Lipinski definition) is 0. The summed E-state index contributed by atoms with van der Waals surface area (Å²) in [5, 5.41) is 0. The van der Waals surface area contributed by atoms with Gasteiger partial charge in [-0.15, -0.1) is 0 Å². The van der Waals surface area contributed by atoms with Gasteiger partial charge in [0, 0.05) is 12.7 Å². The third-order valence-electron chi connectivity index (χ3n) is 1.95. The average molecular weight is 272 g/mol. The molecule has 0 fully saturated rings. The van der Waals surface area contributed by atoms with E-state index in [1.54, 1.807) is 25.3 Å². The lowest BCUT2D eigenvalue weighted by Crippen LogP contribution is -2.26. The second-order valence-electron chi connectivity index (χ2n) is 2.83. The molecular formula is C10H10BrNO3. The quantitative estimate of drug-likeness (QED) is 0.620. The number of benzene rings is 1. The van der Waals surface area contributed by atoms with Gasteiger partial charge < -0.3 is 9.64 Å². The van der Waals surface area contributed by atoms with Crippen molar-refractivity contribution in [3.05, 3.63) is 22.7 Å². The van der Waals surface area contributed by atoms with Crippen LogP contribution in [0.3, 0.4) is 0 Å². The zero-order valence-corrected chi connectivity index (χ0v) is 9.95. The Labute approximate surface area is 96.0 Å². The summed E-state index contributed by atoms with van der Waals surface area (Å²) in [7, 11) is 3.09. The summed E-state index contributed by atoms with van der Waals surface area (Å²) in [6, 6.07) is 5.12. The summed E-state index contributed by atoms with van der Waals surface area (Å²) in [5.74, 6) is 0.0813. The first kappa shape index (κ1) is 11.7. The number of ether oxygens (including phenoxy) is 1. The first-order valence-electron chi connectivity index (χ1n) is 4.16. The van der Waals surface area contributed by atoms with Crippen molar-refractivity contribution in [2.24, 2.45) is 0 Å². The molecule has 0 unspecified atom stereocenters. The number of methoxy groups -OCH3 is 1. The van der Waals surface area contributed by atoms with Crippen molar-refractivity contribution in [1.82, 2.24) is 0 Å². The van der Waals surface area contributed by atoms with Gasteiger partial charge in [0.05, 0.1) is 11.6 Å². The molecule has 0 saturated heterocycles. The predicted molar refractivity (Wildman–Crippen MR) is 60.2 cm³/mol. The number of amides is 1. The minimum Gasteiger partial charge on any atom is -0.496 e. The molecule has 4 nitrogen and oxygen atoms in total. The number of carbonyl (C=O) groups excluding carboxylic acids is 2. The Morgan fingerprint density at radius 1 is 1.53 bits per heavy atom. The number of anilines is 1. The maximum absolute atomic E-state index is 11.1. The monoisotopic (exact) mass is 271 g/mol. The molecule has 1 amide bonds. The van der Waals surface area contributed by atoms with Crippen LogP contribution in [0.25, 0.3) is 0 Å². The molecule has 0 aliphatic carbocycles. The van der Waals surface area contributed by atoms with Crippen LogP contribution < -0.4 is 9.64 Å². The standard InChI is InChI=1S/C10H10BrNO3/c1-12(10(14)6-13)7-3-4-9(15-2)8(11)5-7/h3-6H,1-2H3. The lowest BCUT2D eigenvalue weighted by molar-refractivity contribution is -0.129. The molecule has 1 rings (SSSR count). The number of halogens is 1. The Morgan fingerprint density at radius 2 is 2.20 bits per heavy atom. The number of nitrogens with zero attached hydrogens (tertiary/aromatic N) is 1. The predicted octanol–water partition coefficient (Wildman–Crippen LogP) is 1.62. The minimum absolute atomic E-state index is 0.276. The number of likely N-dealkylation sites (N-methyl/N-ethyl adjacent to an activating group) is 1. The maximum atomic E-state index is 11.1. The van der Waals surface area contributed by atoms with Crippen molar-refractivity contribution >= 4 is 33.8 Å². The van der Waals surface area contributed by atoms with Crippen molar-refractivity contribution in [3.63, 3.8) is 0 Å². The zero-order valence-electron chi connectivity index (χ0n) is 8.36. The fraction of sp³-hybridized carbons (Fsp3) is 0.200. The summed E-state index contributed by atoms with van der Waals surface area (Å²) in [4.78, 5) is 22.7. The van der Waals surface area contributed by atoms with Crippen molar-refractivity contribution in [2.45, 2.75) is 0 Å². The van der Waals surface area contributed by atoms with E-state index < -0.39 is 5.91 Å². The van der Waals surface area contributed by atoms with Crippen molar-refractivity contribution in [2.75, 3.05) is 19.1 Å². The van der Waals surface area contributed by atoms with Crippen LogP contribution in [0.15, 0.2) is 22.7 Å². The van der Waals surface area contributed by atoms with Crippen LogP contribution in [0.5, 0.6) is 5.75 Å². The van der Waals surface area contributed by atoms with Crippen molar-refractivity contribution in [1.29, 1.82) is 0 Å². The van der Waals surface area contributed by atoms with Gasteiger partial charge in [-0.25, -0.2) is 0 Å². The van der Waals surface area contributed by atoms with Crippen LogP contribution in [-0.4, -0.2) is 26.4 Å². The fourth-order valence-electron chi connectivity index (χ4n) is 1.07. The van der Waals surface area contributed by atoms with Crippen molar-refractivity contribution < 1.29 is 14.3 Å². The zero-order chi connectivity index (χ0) is 11.4. The molecule has 1 aromatic carbocycles. The molecule has 0 spiro atoms. The first-order valence-corrected chi connectivity index (χ1v) is 4.96. The highest BCUT2D eigenvalue weighted by Crippen LogP contribution is 2.28. The van der Waals surface area contributed by atoms with Gasteiger partial charge in [0.1, 0.15) is 5.75 Å². The summed E-state index contributed by atoms with van der Waals surface area (Å²) < 4.78 is 5.78. The molecule has 0 aromatic heterocycles. The minimum atomic E-state index is -0.591. The van der Waals surface area contributed by atoms with Gasteiger partial charge in [0.15, 0.2) is 0 Å². The van der Waals surface area contributed by atoms with Gasteiger partial charge in [0.25, 0.3) is 5.91 Å². The second-order valence-corrected chi connectivity index (χ2v) is 3.69. The maximum Gasteiger partial charge on any atom is 0.290 e. The normalized spacial score (nSPS) is 9.53. The number of hydrogen-bond acceptors (Lipinski definition) is 3. The molecule has 0 heterocycles. The van der Waals surface area contributed by atoms with Gasteiger partial charge in [-0.2, -0.15) is 0 Å². The van der Waals surface area contributed by atoms with Gasteiger partial charge in [-0.05, 0) is 34.1 Å². The third-order valence-corrected chi connectivity index (χ3v) is 2.57. The van der Waals surface area contributed by atoms with E-state index in [0.717, 1.165) is 4.47 Å². The first-order chi connectivity index (χ1) is 7.10. The molecule has 0 bridgehead atoms. The average Bonchev–Trinajstić information content (AvgIpc) is 2.26. The highest BCUT2D eigenvalue weighted by molar-refractivity contribution is 9.10. The van der Waals surface area contributed by atoms with E-state index in [4.69, 9.17) is 4.74 Å². The van der Waals surface area contributed by atoms with Crippen LogP contribution >= 0.6 is 15.9 Å². The molecule has 15 heavy (non-hydrogen) atoms. The second kappa shape index (κ2) is 4.93. The van der Waals surface area contributed by atoms with Gasteiger partial charge >= 0.3 is 0 Å². The van der Waals surface area contributed by atoms with E-state index in [0.29, 0.717) is 11.4 Å². The van der Waals surface area contributed by atoms with E-state index in [9.17, 15) is 9.59 Å². The van der Waals surface area contributed by atoms with E-state index in [-0.39, 0.29) is 6.29 Å². The molecule has 1 aromatic rings. The molecule has 0 saturated carbocycles. The third kappa shape index (κ3) is 2.56. The molecule has 0 aliphatic heterocycles. The number of rotatable bonds is 3. The van der Waals surface area contributed by atoms with Crippen LogP contribution in [0.1, 0.15) is 0 Å². The molecule has 0 radical (unpaired) electrons. The summed E-state index contributed by atoms with van der Waals surface area (Å²) in [5.41, 5.74) is 0.625. The van der Waals surface area contributed by atoms with Gasteiger partial charge in [-0.1, -0.05) is 0 Å². The van der Waals surface area contributed by atoms with E-state index in [1.165, 1.54) is 11.9 Å². The Morgan fingerprint density at radius 3 is 2.67 bits per heavy atom. The van der Waals surface area contributed by atoms with Crippen LogP contribution in [0.4, 0.5) is 5.69 Å². The molecule has 80 valence electrons. The Hall–Kier alpha value is -1.36. The molecule has 0 aliphatic rings. The summed E-state index contributed by atoms with van der Waals surface area (Å²) >= 11 is 3.30. The van der Waals surface area contributed by atoms with Crippen LogP contribution in [-0.2, 0) is 9.59 Å². The largest absolute Gasteiger partial charge is 0.496 e. The lowest BCUT2D eigenvalue weighted by atomic mass is 10.3. The highest BCUT2D eigenvalue weighted by atomic mass is 79.9. The lowest BCUT2D eigenvalue weighted by Gasteiger charge is -2.15. The topological polar surface area (TPSA) is 46.6 Å². The number of carbonyl (C=O) groups is 2. The molecule has 0 N–H and O–H groups in total. The summed E-state index contributed by atoms with van der Waals surface area (Å²) in [6.45, 7) is 0. The Balaban J connectivity index is 3.01. The molecule has 0 atom stereocenters.